The maximum atomic E-state index is 14.8. The van der Waals surface area contributed by atoms with Gasteiger partial charge in [0.15, 0.2) is 0 Å². The second-order valence-corrected chi connectivity index (χ2v) is 8.37. The number of nitrogens with zero attached hydrogens (tertiary/aromatic N) is 2. The van der Waals surface area contributed by atoms with Gasteiger partial charge in [0.2, 0.25) is 5.95 Å². The van der Waals surface area contributed by atoms with Crippen LogP contribution < -0.4 is 10.9 Å². The van der Waals surface area contributed by atoms with Crippen LogP contribution in [0.4, 0.5) is 13.2 Å². The number of nitrogens with one attached hydrogen (secondary N) is 1. The Balaban J connectivity index is 1.61. The van der Waals surface area contributed by atoms with Crippen LogP contribution in [0.15, 0.2) is 59.5 Å². The van der Waals surface area contributed by atoms with Crippen molar-refractivity contribution in [1.82, 2.24) is 14.9 Å². The lowest BCUT2D eigenvalue weighted by molar-refractivity contribution is 0.0951. The largest absolute Gasteiger partial charge is 0.348 e. The molecule has 1 fully saturated rings. The Morgan fingerprint density at radius 1 is 1.06 bits per heavy atom. The highest BCUT2D eigenvalue weighted by atomic mass is 19.1. The molecule has 2 aromatic heterocycles. The first-order chi connectivity index (χ1) is 16.4. The number of hydrogen-bond acceptors (Lipinski definition) is 3. The van der Waals surface area contributed by atoms with Gasteiger partial charge in [-0.25, -0.2) is 13.8 Å². The van der Waals surface area contributed by atoms with E-state index in [1.807, 2.05) is 0 Å². The molecular weight excluding hydrogens is 443 g/mol. The first kappa shape index (κ1) is 21.9. The number of amides is 1. The molecule has 0 spiro atoms. The normalized spacial score (nSPS) is 13.3. The van der Waals surface area contributed by atoms with Crippen LogP contribution in [0.3, 0.4) is 0 Å². The zero-order chi connectivity index (χ0) is 24.0. The van der Waals surface area contributed by atoms with E-state index in [9.17, 15) is 22.8 Å². The maximum absolute atomic E-state index is 14.8. The summed E-state index contributed by atoms with van der Waals surface area (Å²) in [6.45, 7) is 1.64. The minimum atomic E-state index is -0.776. The van der Waals surface area contributed by atoms with Crippen molar-refractivity contribution in [3.63, 3.8) is 0 Å². The number of hydrogen-bond donors (Lipinski definition) is 1. The van der Waals surface area contributed by atoms with E-state index in [0.717, 1.165) is 35.7 Å². The van der Waals surface area contributed by atoms with Crippen molar-refractivity contribution in [2.75, 3.05) is 0 Å². The smallest absolute Gasteiger partial charge is 0.266 e. The highest BCUT2D eigenvalue weighted by Gasteiger charge is 2.29. The highest BCUT2D eigenvalue weighted by Crippen LogP contribution is 2.43. The van der Waals surface area contributed by atoms with Gasteiger partial charge in [0.05, 0.1) is 22.8 Å². The third kappa shape index (κ3) is 3.75. The SMILES string of the molecule is Cc1c(C(=O)NCc2cccc(F)c2C2CC2)c2cccc(F)c2c(=O)n1-c1ccc(F)nc1. The summed E-state index contributed by atoms with van der Waals surface area (Å²) in [6, 6.07) is 11.3. The van der Waals surface area contributed by atoms with Gasteiger partial charge in [-0.1, -0.05) is 24.3 Å². The average Bonchev–Trinajstić information content (AvgIpc) is 3.64. The van der Waals surface area contributed by atoms with Crippen LogP contribution >= 0.6 is 0 Å². The zero-order valence-electron chi connectivity index (χ0n) is 18.2. The van der Waals surface area contributed by atoms with Gasteiger partial charge in [-0.15, -0.1) is 0 Å². The minimum Gasteiger partial charge on any atom is -0.348 e. The Labute approximate surface area is 192 Å². The first-order valence-corrected chi connectivity index (χ1v) is 10.9. The summed E-state index contributed by atoms with van der Waals surface area (Å²) in [5.74, 6) is -2.20. The van der Waals surface area contributed by atoms with Crippen molar-refractivity contribution >= 4 is 16.7 Å². The molecule has 1 N–H and O–H groups in total. The van der Waals surface area contributed by atoms with E-state index < -0.39 is 23.2 Å². The van der Waals surface area contributed by atoms with Crippen LogP contribution in [0.2, 0.25) is 0 Å². The van der Waals surface area contributed by atoms with Crippen molar-refractivity contribution < 1.29 is 18.0 Å². The molecule has 34 heavy (non-hydrogen) atoms. The highest BCUT2D eigenvalue weighted by molar-refractivity contribution is 6.08. The van der Waals surface area contributed by atoms with Gasteiger partial charge in [0.25, 0.3) is 11.5 Å². The number of aromatic nitrogens is 2. The van der Waals surface area contributed by atoms with E-state index in [1.165, 1.54) is 24.3 Å². The van der Waals surface area contributed by atoms with E-state index in [2.05, 4.69) is 10.3 Å². The monoisotopic (exact) mass is 463 g/mol. The summed E-state index contributed by atoms with van der Waals surface area (Å²) >= 11 is 0. The lowest BCUT2D eigenvalue weighted by Crippen LogP contribution is -2.30. The van der Waals surface area contributed by atoms with Crippen LogP contribution in [0.1, 0.15) is 45.9 Å². The summed E-state index contributed by atoms with van der Waals surface area (Å²) in [5, 5.41) is 2.71. The number of halogens is 3. The maximum Gasteiger partial charge on any atom is 0.266 e. The number of rotatable bonds is 5. The van der Waals surface area contributed by atoms with Crippen molar-refractivity contribution in [2.45, 2.75) is 32.2 Å². The first-order valence-electron chi connectivity index (χ1n) is 10.9. The molecule has 5 rings (SSSR count). The van der Waals surface area contributed by atoms with Crippen LogP contribution in [0.5, 0.6) is 0 Å². The average molecular weight is 463 g/mol. The van der Waals surface area contributed by atoms with Gasteiger partial charge in [0.1, 0.15) is 11.6 Å². The number of benzene rings is 2. The van der Waals surface area contributed by atoms with Gasteiger partial charge in [0, 0.05) is 17.6 Å². The Morgan fingerprint density at radius 3 is 2.50 bits per heavy atom. The molecule has 0 saturated heterocycles. The van der Waals surface area contributed by atoms with Gasteiger partial charge in [-0.05, 0) is 61.1 Å². The fourth-order valence-electron chi connectivity index (χ4n) is 4.45. The third-order valence-electron chi connectivity index (χ3n) is 6.16. The molecule has 0 atom stereocenters. The summed E-state index contributed by atoms with van der Waals surface area (Å²) in [7, 11) is 0. The van der Waals surface area contributed by atoms with E-state index in [-0.39, 0.29) is 46.0 Å². The van der Waals surface area contributed by atoms with E-state index >= 15 is 0 Å². The predicted octanol–water partition coefficient (Wildman–Crippen LogP) is 4.92. The molecule has 0 radical (unpaired) electrons. The molecule has 1 saturated carbocycles. The van der Waals surface area contributed by atoms with Crippen LogP contribution in [0, 0.1) is 24.5 Å². The van der Waals surface area contributed by atoms with Crippen molar-refractivity contribution in [3.05, 3.63) is 105 Å². The lowest BCUT2D eigenvalue weighted by atomic mass is 10.0. The molecular formula is C26H20F3N3O2. The fraction of sp³-hybridized carbons (Fsp3) is 0.192. The number of carbonyl (C=O) groups is 1. The Hall–Kier alpha value is -3.94. The number of carbonyl (C=O) groups excluding carboxylic acids is 1. The summed E-state index contributed by atoms with van der Waals surface area (Å²) < 4.78 is 43.7. The molecule has 1 aliphatic rings. The predicted molar refractivity (Wildman–Crippen MR) is 122 cm³/mol. The Bertz CT molecular complexity index is 1490. The molecule has 0 unspecified atom stereocenters. The molecule has 1 amide bonds. The molecule has 172 valence electrons. The van der Waals surface area contributed by atoms with Crippen molar-refractivity contribution in [3.8, 4) is 5.69 Å². The second-order valence-electron chi connectivity index (χ2n) is 8.37. The Kier molecular flexibility index (Phi) is 5.43. The molecule has 8 heteroatoms. The fourth-order valence-corrected chi connectivity index (χ4v) is 4.45. The van der Waals surface area contributed by atoms with Crippen LogP contribution in [0.25, 0.3) is 16.5 Å². The van der Waals surface area contributed by atoms with Gasteiger partial charge < -0.3 is 5.32 Å². The standard InChI is InChI=1S/C26H20F3N3O2/c1-14-22(25(33)31-12-16-4-2-6-19(27)23(16)15-8-9-15)18-5-3-7-20(28)24(18)26(34)32(14)17-10-11-21(29)30-13-17/h2-7,10-11,13,15H,8-9,12H2,1H3,(H,31,33). The van der Waals surface area contributed by atoms with Gasteiger partial charge >= 0.3 is 0 Å². The summed E-state index contributed by atoms with van der Waals surface area (Å²) in [5.41, 5.74) is 1.15. The molecule has 0 aliphatic heterocycles. The van der Waals surface area contributed by atoms with Gasteiger partial charge in [-0.3, -0.25) is 14.2 Å². The number of fused-ring (bicyclic) bond motifs is 1. The van der Waals surface area contributed by atoms with E-state index in [1.54, 1.807) is 19.1 Å². The second kappa shape index (κ2) is 8.44. The van der Waals surface area contributed by atoms with E-state index in [4.69, 9.17) is 0 Å². The lowest BCUT2D eigenvalue weighted by Gasteiger charge is -2.18. The molecule has 5 nitrogen and oxygen atoms in total. The third-order valence-corrected chi connectivity index (χ3v) is 6.16. The summed E-state index contributed by atoms with van der Waals surface area (Å²) in [4.78, 5) is 30.2. The van der Waals surface area contributed by atoms with Crippen LogP contribution in [-0.4, -0.2) is 15.5 Å². The molecule has 2 heterocycles. The topological polar surface area (TPSA) is 64.0 Å². The minimum absolute atomic E-state index is 0.0793. The van der Waals surface area contributed by atoms with Gasteiger partial charge in [-0.2, -0.15) is 4.39 Å². The van der Waals surface area contributed by atoms with Crippen molar-refractivity contribution in [2.24, 2.45) is 0 Å². The van der Waals surface area contributed by atoms with Crippen LogP contribution in [-0.2, 0) is 6.54 Å². The van der Waals surface area contributed by atoms with E-state index in [0.29, 0.717) is 11.1 Å². The molecule has 2 aromatic carbocycles. The quantitative estimate of drug-likeness (QED) is 0.428. The number of pyridine rings is 2. The van der Waals surface area contributed by atoms with Crippen molar-refractivity contribution in [1.29, 1.82) is 0 Å². The Morgan fingerprint density at radius 2 is 1.79 bits per heavy atom. The summed E-state index contributed by atoms with van der Waals surface area (Å²) in [6.07, 6.45) is 2.95. The zero-order valence-corrected chi connectivity index (χ0v) is 18.2. The molecule has 0 bridgehead atoms. The molecule has 1 aliphatic carbocycles. The molecule has 4 aromatic rings.